The minimum Gasteiger partial charge on any atom is -0.493 e. The SMILES string of the molecule is COc1ccc(-c2nc3s/c(=C\c4cn(-c5ccccc5)nc4-c4cccs4)c(=O)n3n2)cc1OC. The summed E-state index contributed by atoms with van der Waals surface area (Å²) in [6, 6.07) is 19.3. The monoisotopic (exact) mass is 513 g/mol. The van der Waals surface area contributed by atoms with Crippen LogP contribution >= 0.6 is 22.7 Å². The Balaban J connectivity index is 1.44. The van der Waals surface area contributed by atoms with Crippen molar-refractivity contribution in [1.82, 2.24) is 24.4 Å². The molecule has 0 aliphatic rings. The van der Waals surface area contributed by atoms with Crippen molar-refractivity contribution < 1.29 is 9.47 Å². The van der Waals surface area contributed by atoms with Gasteiger partial charge in [0.2, 0.25) is 4.96 Å². The highest BCUT2D eigenvalue weighted by molar-refractivity contribution is 7.15. The lowest BCUT2D eigenvalue weighted by molar-refractivity contribution is 0.355. The molecule has 0 aliphatic carbocycles. The zero-order valence-corrected chi connectivity index (χ0v) is 20.9. The largest absolute Gasteiger partial charge is 0.493 e. The lowest BCUT2D eigenvalue weighted by Gasteiger charge is -2.07. The summed E-state index contributed by atoms with van der Waals surface area (Å²) in [6.45, 7) is 0. The highest BCUT2D eigenvalue weighted by atomic mass is 32.1. The number of rotatable bonds is 6. The van der Waals surface area contributed by atoms with Gasteiger partial charge < -0.3 is 9.47 Å². The van der Waals surface area contributed by atoms with Gasteiger partial charge >= 0.3 is 0 Å². The van der Waals surface area contributed by atoms with Crippen LogP contribution in [0.1, 0.15) is 5.56 Å². The summed E-state index contributed by atoms with van der Waals surface area (Å²) in [7, 11) is 3.15. The molecule has 10 heteroatoms. The Morgan fingerprint density at radius 3 is 2.50 bits per heavy atom. The van der Waals surface area contributed by atoms with Crippen LogP contribution in [-0.4, -0.2) is 38.6 Å². The van der Waals surface area contributed by atoms with E-state index in [-0.39, 0.29) is 5.56 Å². The number of thiazole rings is 1. The smallest absolute Gasteiger partial charge is 0.291 e. The van der Waals surface area contributed by atoms with Gasteiger partial charge in [0.05, 0.1) is 29.3 Å². The van der Waals surface area contributed by atoms with Gasteiger partial charge in [-0.05, 0) is 47.9 Å². The van der Waals surface area contributed by atoms with E-state index in [1.165, 1.54) is 15.9 Å². The molecule has 0 amide bonds. The summed E-state index contributed by atoms with van der Waals surface area (Å²) in [4.78, 5) is 19.4. The molecule has 36 heavy (non-hydrogen) atoms. The quantitative estimate of drug-likeness (QED) is 0.330. The Morgan fingerprint density at radius 1 is 0.944 bits per heavy atom. The zero-order chi connectivity index (χ0) is 24.6. The predicted molar refractivity (Wildman–Crippen MR) is 141 cm³/mol. The fourth-order valence-electron chi connectivity index (χ4n) is 3.88. The second kappa shape index (κ2) is 9.06. The molecule has 0 saturated heterocycles. The molecule has 0 unspecified atom stereocenters. The first-order chi connectivity index (χ1) is 17.6. The van der Waals surface area contributed by atoms with E-state index in [2.05, 4.69) is 10.1 Å². The van der Waals surface area contributed by atoms with Crippen molar-refractivity contribution in [2.24, 2.45) is 0 Å². The third-order valence-electron chi connectivity index (χ3n) is 5.63. The van der Waals surface area contributed by atoms with Gasteiger partial charge in [-0.2, -0.15) is 14.6 Å². The van der Waals surface area contributed by atoms with E-state index in [0.717, 1.165) is 27.4 Å². The first kappa shape index (κ1) is 22.2. The van der Waals surface area contributed by atoms with Gasteiger partial charge in [-0.1, -0.05) is 35.6 Å². The van der Waals surface area contributed by atoms with Crippen LogP contribution in [0.4, 0.5) is 0 Å². The van der Waals surface area contributed by atoms with Crippen LogP contribution < -0.4 is 19.6 Å². The standard InChI is InChI=1S/C26H19N5O3S2/c1-33-19-11-10-16(13-20(19)34-2)24-27-26-31(29-24)25(32)22(36-26)14-17-15-30(18-7-4-3-5-8-18)28-23(17)21-9-6-12-35-21/h3-15H,1-2H3/b22-14-. The number of nitrogens with zero attached hydrogens (tertiary/aromatic N) is 5. The topological polar surface area (TPSA) is 83.5 Å². The normalized spacial score (nSPS) is 11.9. The summed E-state index contributed by atoms with van der Waals surface area (Å²) < 4.78 is 14.4. The number of aromatic nitrogens is 5. The summed E-state index contributed by atoms with van der Waals surface area (Å²) in [5.41, 5.74) is 3.12. The molecule has 0 saturated carbocycles. The maximum absolute atomic E-state index is 13.2. The molecular formula is C26H19N5O3S2. The summed E-state index contributed by atoms with van der Waals surface area (Å²) in [5.74, 6) is 1.63. The number of ether oxygens (including phenoxy) is 2. The van der Waals surface area contributed by atoms with Crippen molar-refractivity contribution in [1.29, 1.82) is 0 Å². The van der Waals surface area contributed by atoms with Crippen LogP contribution in [0.3, 0.4) is 0 Å². The Morgan fingerprint density at radius 2 is 1.78 bits per heavy atom. The molecule has 6 aromatic rings. The van der Waals surface area contributed by atoms with Gasteiger partial charge in [0, 0.05) is 17.3 Å². The average molecular weight is 514 g/mol. The van der Waals surface area contributed by atoms with E-state index >= 15 is 0 Å². The molecule has 0 fully saturated rings. The third kappa shape index (κ3) is 3.86. The Bertz CT molecular complexity index is 1790. The van der Waals surface area contributed by atoms with E-state index in [4.69, 9.17) is 14.6 Å². The number of benzene rings is 2. The van der Waals surface area contributed by atoms with Crippen LogP contribution in [0.2, 0.25) is 0 Å². The molecule has 178 valence electrons. The van der Waals surface area contributed by atoms with E-state index in [1.54, 1.807) is 37.7 Å². The second-order valence-electron chi connectivity index (χ2n) is 7.81. The molecule has 0 radical (unpaired) electrons. The molecule has 0 atom stereocenters. The van der Waals surface area contributed by atoms with E-state index in [0.29, 0.717) is 26.8 Å². The highest BCUT2D eigenvalue weighted by Gasteiger charge is 2.16. The summed E-state index contributed by atoms with van der Waals surface area (Å²) >= 11 is 2.90. The number of thiophene rings is 1. The summed E-state index contributed by atoms with van der Waals surface area (Å²) in [5, 5.41) is 11.3. The molecular weight excluding hydrogens is 494 g/mol. The number of methoxy groups -OCH3 is 2. The van der Waals surface area contributed by atoms with E-state index < -0.39 is 0 Å². The molecule has 6 rings (SSSR count). The van der Waals surface area contributed by atoms with Crippen LogP contribution in [-0.2, 0) is 0 Å². The van der Waals surface area contributed by atoms with Crippen molar-refractivity contribution in [3.63, 3.8) is 0 Å². The number of para-hydroxylation sites is 1. The van der Waals surface area contributed by atoms with Crippen molar-refractivity contribution in [3.8, 4) is 39.1 Å². The lowest BCUT2D eigenvalue weighted by Crippen LogP contribution is -2.23. The highest BCUT2D eigenvalue weighted by Crippen LogP contribution is 2.31. The van der Waals surface area contributed by atoms with Gasteiger partial charge in [-0.3, -0.25) is 4.79 Å². The molecule has 0 N–H and O–H groups in total. The fraction of sp³-hybridized carbons (Fsp3) is 0.0769. The number of hydrogen-bond donors (Lipinski definition) is 0. The molecule has 2 aromatic carbocycles. The van der Waals surface area contributed by atoms with E-state index in [9.17, 15) is 4.79 Å². The molecule has 8 nitrogen and oxygen atoms in total. The molecule has 0 aliphatic heterocycles. The van der Waals surface area contributed by atoms with Crippen LogP contribution in [0, 0.1) is 0 Å². The second-order valence-corrected chi connectivity index (χ2v) is 9.76. The maximum atomic E-state index is 13.2. The minimum absolute atomic E-state index is 0.223. The number of hydrogen-bond acceptors (Lipinski definition) is 8. The zero-order valence-electron chi connectivity index (χ0n) is 19.3. The van der Waals surface area contributed by atoms with Gasteiger partial charge in [0.25, 0.3) is 5.56 Å². The van der Waals surface area contributed by atoms with Gasteiger partial charge in [0.1, 0.15) is 5.69 Å². The van der Waals surface area contributed by atoms with Crippen LogP contribution in [0.25, 0.3) is 38.7 Å². The predicted octanol–water partition coefficient (Wildman–Crippen LogP) is 4.30. The Hall–Kier alpha value is -4.28. The molecule has 4 aromatic heterocycles. The van der Waals surface area contributed by atoms with Crippen molar-refractivity contribution in [3.05, 3.63) is 92.7 Å². The van der Waals surface area contributed by atoms with Crippen molar-refractivity contribution in [2.75, 3.05) is 14.2 Å². The maximum Gasteiger partial charge on any atom is 0.291 e. The first-order valence-electron chi connectivity index (χ1n) is 11.0. The molecule has 0 bridgehead atoms. The van der Waals surface area contributed by atoms with Crippen LogP contribution in [0.15, 0.2) is 77.0 Å². The average Bonchev–Trinajstić information content (AvgIpc) is 3.71. The summed E-state index contributed by atoms with van der Waals surface area (Å²) in [6.07, 6.45) is 3.80. The lowest BCUT2D eigenvalue weighted by atomic mass is 10.2. The van der Waals surface area contributed by atoms with Crippen LogP contribution in [0.5, 0.6) is 11.5 Å². The fourth-order valence-corrected chi connectivity index (χ4v) is 5.51. The number of fused-ring (bicyclic) bond motifs is 1. The van der Waals surface area contributed by atoms with Crippen molar-refractivity contribution in [2.45, 2.75) is 0 Å². The van der Waals surface area contributed by atoms with Gasteiger partial charge in [0.15, 0.2) is 17.3 Å². The van der Waals surface area contributed by atoms with Crippen molar-refractivity contribution >= 4 is 33.7 Å². The van der Waals surface area contributed by atoms with Gasteiger partial charge in [-0.25, -0.2) is 4.68 Å². The third-order valence-corrected chi connectivity index (χ3v) is 7.46. The first-order valence-corrected chi connectivity index (χ1v) is 12.7. The minimum atomic E-state index is -0.223. The Kier molecular flexibility index (Phi) is 5.59. The molecule has 0 spiro atoms. The van der Waals surface area contributed by atoms with E-state index in [1.807, 2.05) is 70.9 Å². The Labute approximate surface area is 213 Å². The molecule has 4 heterocycles. The van der Waals surface area contributed by atoms with Gasteiger partial charge in [-0.15, -0.1) is 16.4 Å².